The minimum absolute atomic E-state index is 0.212. The van der Waals surface area contributed by atoms with Crippen LogP contribution in [0.3, 0.4) is 0 Å². The number of amides is 1. The fourth-order valence-corrected chi connectivity index (χ4v) is 2.49. The molecule has 140 valence electrons. The third-order valence-electron chi connectivity index (χ3n) is 4.04. The van der Waals surface area contributed by atoms with Gasteiger partial charge in [-0.3, -0.25) is 9.59 Å². The normalized spacial score (nSPS) is 11.7. The van der Waals surface area contributed by atoms with E-state index in [4.69, 9.17) is 4.74 Å². The Bertz CT molecular complexity index is 533. The Balaban J connectivity index is 2.26. The first kappa shape index (κ1) is 20.9. The first-order valence-electron chi connectivity index (χ1n) is 8.56. The van der Waals surface area contributed by atoms with Crippen molar-refractivity contribution in [1.29, 1.82) is 0 Å². The molecule has 1 rings (SSSR count). The number of methoxy groups -OCH3 is 2. The van der Waals surface area contributed by atoms with Gasteiger partial charge in [-0.05, 0) is 30.5 Å². The zero-order chi connectivity index (χ0) is 18.7. The largest absolute Gasteiger partial charge is 0.497 e. The Morgan fingerprint density at radius 2 is 1.72 bits per heavy atom. The van der Waals surface area contributed by atoms with E-state index in [1.165, 1.54) is 12.0 Å². The number of benzene rings is 1. The highest BCUT2D eigenvalue weighted by molar-refractivity contribution is 5.80. The van der Waals surface area contributed by atoms with Crippen LogP contribution < -0.4 is 4.74 Å². The van der Waals surface area contributed by atoms with Crippen molar-refractivity contribution in [2.75, 3.05) is 21.3 Å². The number of hydrogen-bond donors (Lipinski definition) is 0. The number of unbranched alkanes of at least 4 members (excludes halogenated alkanes) is 3. The molecule has 1 unspecified atom stereocenters. The van der Waals surface area contributed by atoms with Crippen molar-refractivity contribution in [3.05, 3.63) is 29.8 Å². The topological polar surface area (TPSA) is 55.8 Å². The van der Waals surface area contributed by atoms with Gasteiger partial charge in [0.1, 0.15) is 5.75 Å². The van der Waals surface area contributed by atoms with Gasteiger partial charge in [0.2, 0.25) is 0 Å². The molecule has 0 N–H and O–H groups in total. The molecule has 0 aliphatic carbocycles. The lowest BCUT2D eigenvalue weighted by atomic mass is 10.1. The molecule has 5 nitrogen and oxygen atoms in total. The maximum absolute atomic E-state index is 14.1. The SMILES string of the molecule is COC(=O)CCCCCCC(F)C(=O)N(C)Cc1ccc(OC)cc1. The molecular formula is C19H28FNO4. The molecular weight excluding hydrogens is 325 g/mol. The van der Waals surface area contributed by atoms with Crippen LogP contribution in [-0.2, 0) is 20.9 Å². The average molecular weight is 353 g/mol. The molecule has 1 atom stereocenters. The fraction of sp³-hybridized carbons (Fsp3) is 0.579. The van der Waals surface area contributed by atoms with Crippen LogP contribution in [-0.4, -0.2) is 44.2 Å². The number of rotatable bonds is 11. The van der Waals surface area contributed by atoms with E-state index in [-0.39, 0.29) is 12.4 Å². The van der Waals surface area contributed by atoms with E-state index >= 15 is 0 Å². The predicted octanol–water partition coefficient (Wildman–Crippen LogP) is 3.51. The smallest absolute Gasteiger partial charge is 0.305 e. The number of halogens is 1. The lowest BCUT2D eigenvalue weighted by Crippen LogP contribution is -2.33. The number of nitrogens with zero attached hydrogens (tertiary/aromatic N) is 1. The molecule has 0 fully saturated rings. The summed E-state index contributed by atoms with van der Waals surface area (Å²) in [6.45, 7) is 0.363. The molecule has 25 heavy (non-hydrogen) atoms. The van der Waals surface area contributed by atoms with Crippen molar-refractivity contribution in [3.8, 4) is 5.75 Å². The number of esters is 1. The summed E-state index contributed by atoms with van der Waals surface area (Å²) < 4.78 is 23.7. The van der Waals surface area contributed by atoms with Crippen LogP contribution in [0, 0.1) is 0 Å². The second kappa shape index (κ2) is 11.4. The van der Waals surface area contributed by atoms with Gasteiger partial charge < -0.3 is 14.4 Å². The van der Waals surface area contributed by atoms with E-state index in [0.29, 0.717) is 19.4 Å². The van der Waals surface area contributed by atoms with Gasteiger partial charge in [-0.1, -0.05) is 31.4 Å². The molecule has 1 aromatic rings. The van der Waals surface area contributed by atoms with Crippen LogP contribution in [0.2, 0.25) is 0 Å². The summed E-state index contributed by atoms with van der Waals surface area (Å²) in [5.74, 6) is 0.0254. The van der Waals surface area contributed by atoms with E-state index in [2.05, 4.69) is 4.74 Å². The first-order valence-corrected chi connectivity index (χ1v) is 8.56. The van der Waals surface area contributed by atoms with Gasteiger partial charge in [0.15, 0.2) is 6.17 Å². The standard InChI is InChI=1S/C19H28FNO4/c1-21(14-15-10-12-16(24-2)13-11-15)19(23)17(20)8-6-4-5-7-9-18(22)25-3/h10-13,17H,4-9,14H2,1-3H3. The van der Waals surface area contributed by atoms with Crippen molar-refractivity contribution < 1.29 is 23.5 Å². The summed E-state index contributed by atoms with van der Waals surface area (Å²) in [4.78, 5) is 24.5. The molecule has 0 bridgehead atoms. The van der Waals surface area contributed by atoms with E-state index in [9.17, 15) is 14.0 Å². The Labute approximate surface area is 149 Å². The van der Waals surface area contributed by atoms with Gasteiger partial charge in [-0.25, -0.2) is 4.39 Å². The molecule has 0 heterocycles. The molecule has 0 saturated carbocycles. The van der Waals surface area contributed by atoms with Gasteiger partial charge >= 0.3 is 5.97 Å². The summed E-state index contributed by atoms with van der Waals surface area (Å²) >= 11 is 0. The van der Waals surface area contributed by atoms with Crippen molar-refractivity contribution in [1.82, 2.24) is 4.90 Å². The zero-order valence-corrected chi connectivity index (χ0v) is 15.3. The maximum atomic E-state index is 14.1. The number of carbonyl (C=O) groups excluding carboxylic acids is 2. The van der Waals surface area contributed by atoms with Crippen LogP contribution in [0.15, 0.2) is 24.3 Å². The second-order valence-corrected chi connectivity index (χ2v) is 6.04. The van der Waals surface area contributed by atoms with Gasteiger partial charge in [0, 0.05) is 20.0 Å². The lowest BCUT2D eigenvalue weighted by Gasteiger charge is -2.19. The van der Waals surface area contributed by atoms with E-state index in [0.717, 1.165) is 30.6 Å². The zero-order valence-electron chi connectivity index (χ0n) is 15.3. The summed E-state index contributed by atoms with van der Waals surface area (Å²) in [7, 11) is 4.56. The quantitative estimate of drug-likeness (QED) is 0.451. The molecule has 0 aromatic heterocycles. The van der Waals surface area contributed by atoms with Gasteiger partial charge in [0.25, 0.3) is 5.91 Å². The first-order chi connectivity index (χ1) is 12.0. The Kier molecular flexibility index (Phi) is 9.58. The van der Waals surface area contributed by atoms with Crippen LogP contribution >= 0.6 is 0 Å². The number of carbonyl (C=O) groups is 2. The monoisotopic (exact) mass is 353 g/mol. The van der Waals surface area contributed by atoms with Gasteiger partial charge in [0.05, 0.1) is 14.2 Å². The van der Waals surface area contributed by atoms with Crippen LogP contribution in [0.5, 0.6) is 5.75 Å². The molecule has 0 saturated heterocycles. The van der Waals surface area contributed by atoms with Crippen molar-refractivity contribution in [2.45, 2.75) is 51.2 Å². The van der Waals surface area contributed by atoms with E-state index < -0.39 is 12.1 Å². The summed E-state index contributed by atoms with van der Waals surface area (Å²) in [5, 5.41) is 0. The molecule has 1 amide bonds. The Hall–Kier alpha value is -2.11. The van der Waals surface area contributed by atoms with Crippen LogP contribution in [0.1, 0.15) is 44.1 Å². The predicted molar refractivity (Wildman–Crippen MR) is 94.1 cm³/mol. The minimum Gasteiger partial charge on any atom is -0.497 e. The van der Waals surface area contributed by atoms with E-state index in [1.54, 1.807) is 14.2 Å². The van der Waals surface area contributed by atoms with E-state index in [1.807, 2.05) is 24.3 Å². The van der Waals surface area contributed by atoms with Crippen molar-refractivity contribution in [3.63, 3.8) is 0 Å². The molecule has 0 radical (unpaired) electrons. The molecule has 0 spiro atoms. The summed E-state index contributed by atoms with van der Waals surface area (Å²) in [6.07, 6.45) is 2.11. The van der Waals surface area contributed by atoms with Crippen LogP contribution in [0.4, 0.5) is 4.39 Å². The molecule has 0 aliphatic rings. The van der Waals surface area contributed by atoms with Gasteiger partial charge in [-0.15, -0.1) is 0 Å². The summed E-state index contributed by atoms with van der Waals surface area (Å²) in [6, 6.07) is 7.35. The highest BCUT2D eigenvalue weighted by Crippen LogP contribution is 2.15. The molecule has 6 heteroatoms. The molecule has 1 aromatic carbocycles. The number of alkyl halides is 1. The van der Waals surface area contributed by atoms with Crippen molar-refractivity contribution in [2.24, 2.45) is 0 Å². The van der Waals surface area contributed by atoms with Crippen LogP contribution in [0.25, 0.3) is 0 Å². The summed E-state index contributed by atoms with van der Waals surface area (Å²) in [5.41, 5.74) is 0.923. The molecule has 0 aliphatic heterocycles. The lowest BCUT2D eigenvalue weighted by molar-refractivity contribution is -0.140. The average Bonchev–Trinajstić information content (AvgIpc) is 2.63. The van der Waals surface area contributed by atoms with Gasteiger partial charge in [-0.2, -0.15) is 0 Å². The Morgan fingerprint density at radius 1 is 1.08 bits per heavy atom. The third-order valence-corrected chi connectivity index (χ3v) is 4.04. The Morgan fingerprint density at radius 3 is 2.32 bits per heavy atom. The highest BCUT2D eigenvalue weighted by atomic mass is 19.1. The fourth-order valence-electron chi connectivity index (χ4n) is 2.49. The van der Waals surface area contributed by atoms with Crippen molar-refractivity contribution >= 4 is 11.9 Å². The second-order valence-electron chi connectivity index (χ2n) is 6.04. The number of hydrogen-bond acceptors (Lipinski definition) is 4. The highest BCUT2D eigenvalue weighted by Gasteiger charge is 2.21. The minimum atomic E-state index is -1.48. The third kappa shape index (κ3) is 8.01. The maximum Gasteiger partial charge on any atom is 0.305 e. The number of ether oxygens (including phenoxy) is 2.